The van der Waals surface area contributed by atoms with E-state index >= 15 is 0 Å². The van der Waals surface area contributed by atoms with E-state index < -0.39 is 0 Å². The smallest absolute Gasteiger partial charge is 0.231 e. The molecule has 2 aliphatic rings. The Balaban J connectivity index is 1.35. The highest BCUT2D eigenvalue weighted by Crippen LogP contribution is 2.37. The monoisotopic (exact) mass is 464 g/mol. The van der Waals surface area contributed by atoms with Crippen molar-refractivity contribution in [1.29, 1.82) is 0 Å². The molecule has 0 radical (unpaired) electrons. The van der Waals surface area contributed by atoms with Crippen molar-refractivity contribution in [3.63, 3.8) is 0 Å². The number of hydrogen-bond acceptors (Lipinski definition) is 6. The summed E-state index contributed by atoms with van der Waals surface area (Å²) >= 11 is 1.41. The number of para-hydroxylation sites is 1. The number of rotatable bonds is 6. The van der Waals surface area contributed by atoms with Gasteiger partial charge < -0.3 is 14.8 Å². The van der Waals surface area contributed by atoms with Gasteiger partial charge in [-0.2, -0.15) is 0 Å². The molecule has 8 heteroatoms. The van der Waals surface area contributed by atoms with E-state index in [4.69, 9.17) is 9.47 Å². The summed E-state index contributed by atoms with van der Waals surface area (Å²) in [5.41, 5.74) is 1.82. The minimum Gasteiger partial charge on any atom is -0.454 e. The standard InChI is InChI=1S/C25H28N4O3S/c30-23(26-19-9-5-2-1-3-6-10-19)16-33-25-28-27-24(29(25)20-11-7-4-8-12-20)18-13-14-21-22(15-18)32-17-31-21/h4,7-8,11-15,19H,1-3,5-6,9-10,16-17H2,(H,26,30). The lowest BCUT2D eigenvalue weighted by Crippen LogP contribution is -2.36. The van der Waals surface area contributed by atoms with Crippen LogP contribution < -0.4 is 14.8 Å². The molecule has 1 saturated carbocycles. The number of thioether (sulfide) groups is 1. The lowest BCUT2D eigenvalue weighted by Gasteiger charge is -2.20. The second kappa shape index (κ2) is 10.3. The molecular formula is C25H28N4O3S. The Bertz CT molecular complexity index is 1090. The zero-order valence-electron chi connectivity index (χ0n) is 18.5. The summed E-state index contributed by atoms with van der Waals surface area (Å²) in [5.74, 6) is 2.48. The molecule has 0 saturated heterocycles. The fourth-order valence-electron chi connectivity index (χ4n) is 4.40. The van der Waals surface area contributed by atoms with Crippen molar-refractivity contribution in [2.75, 3.05) is 12.5 Å². The highest BCUT2D eigenvalue weighted by molar-refractivity contribution is 7.99. The molecule has 1 fully saturated rings. The van der Waals surface area contributed by atoms with Crippen molar-refractivity contribution in [2.24, 2.45) is 0 Å². The van der Waals surface area contributed by atoms with E-state index in [1.807, 2.05) is 53.1 Å². The van der Waals surface area contributed by atoms with Crippen LogP contribution in [-0.4, -0.2) is 39.3 Å². The molecule has 172 valence electrons. The Morgan fingerprint density at radius 2 is 1.73 bits per heavy atom. The SMILES string of the molecule is O=C(CSc1nnc(-c2ccc3c(c2)OCO3)n1-c1ccccc1)NC1CCCCCCC1. The van der Waals surface area contributed by atoms with Crippen LogP contribution in [0.1, 0.15) is 44.9 Å². The first-order chi connectivity index (χ1) is 16.3. The third-order valence-electron chi connectivity index (χ3n) is 6.08. The minimum atomic E-state index is 0.0535. The highest BCUT2D eigenvalue weighted by atomic mass is 32.2. The summed E-state index contributed by atoms with van der Waals surface area (Å²) in [5, 5.41) is 12.8. The lowest BCUT2D eigenvalue weighted by molar-refractivity contribution is -0.119. The molecule has 2 aromatic carbocycles. The first-order valence-corrected chi connectivity index (χ1v) is 12.6. The summed E-state index contributed by atoms with van der Waals surface area (Å²) in [4.78, 5) is 12.7. The van der Waals surface area contributed by atoms with Crippen LogP contribution in [0.4, 0.5) is 0 Å². The van der Waals surface area contributed by atoms with Gasteiger partial charge in [-0.3, -0.25) is 9.36 Å². The fourth-order valence-corrected chi connectivity index (χ4v) is 5.16. The number of nitrogens with zero attached hydrogens (tertiary/aromatic N) is 3. The Kier molecular flexibility index (Phi) is 6.81. The zero-order valence-corrected chi connectivity index (χ0v) is 19.4. The van der Waals surface area contributed by atoms with Gasteiger partial charge >= 0.3 is 0 Å². The van der Waals surface area contributed by atoms with Gasteiger partial charge in [0.1, 0.15) is 0 Å². The van der Waals surface area contributed by atoms with Crippen molar-refractivity contribution in [3.05, 3.63) is 48.5 Å². The molecule has 1 aliphatic carbocycles. The van der Waals surface area contributed by atoms with Crippen LogP contribution >= 0.6 is 11.8 Å². The normalized spacial score (nSPS) is 16.2. The van der Waals surface area contributed by atoms with E-state index in [1.165, 1.54) is 43.9 Å². The first-order valence-electron chi connectivity index (χ1n) is 11.6. The Hall–Kier alpha value is -3.00. The molecule has 1 N–H and O–H groups in total. The maximum atomic E-state index is 12.7. The molecule has 5 rings (SSSR count). The molecule has 2 heterocycles. The van der Waals surface area contributed by atoms with Crippen LogP contribution in [0, 0.1) is 0 Å². The van der Waals surface area contributed by atoms with Gasteiger partial charge in [0.2, 0.25) is 12.7 Å². The van der Waals surface area contributed by atoms with Crippen LogP contribution in [0.25, 0.3) is 17.1 Å². The van der Waals surface area contributed by atoms with Crippen molar-refractivity contribution in [2.45, 2.75) is 56.1 Å². The number of benzene rings is 2. The third kappa shape index (κ3) is 5.16. The predicted molar refractivity (Wildman–Crippen MR) is 128 cm³/mol. The van der Waals surface area contributed by atoms with Crippen LogP contribution in [0.3, 0.4) is 0 Å². The second-order valence-electron chi connectivity index (χ2n) is 8.44. The molecule has 33 heavy (non-hydrogen) atoms. The number of hydrogen-bond donors (Lipinski definition) is 1. The van der Waals surface area contributed by atoms with Crippen molar-refractivity contribution >= 4 is 17.7 Å². The van der Waals surface area contributed by atoms with E-state index in [2.05, 4.69) is 15.5 Å². The molecule has 0 spiro atoms. The van der Waals surface area contributed by atoms with Gasteiger partial charge in [0.25, 0.3) is 0 Å². The molecular weight excluding hydrogens is 436 g/mol. The molecule has 1 amide bonds. The quantitative estimate of drug-likeness (QED) is 0.518. The van der Waals surface area contributed by atoms with E-state index in [-0.39, 0.29) is 18.7 Å². The molecule has 1 aliphatic heterocycles. The number of fused-ring (bicyclic) bond motifs is 1. The van der Waals surface area contributed by atoms with Crippen molar-refractivity contribution in [1.82, 2.24) is 20.1 Å². The lowest BCUT2D eigenvalue weighted by atomic mass is 9.97. The average Bonchev–Trinajstić information content (AvgIpc) is 3.46. The van der Waals surface area contributed by atoms with Crippen LogP contribution in [0.5, 0.6) is 11.5 Å². The maximum absolute atomic E-state index is 12.7. The van der Waals surface area contributed by atoms with Crippen LogP contribution in [0.2, 0.25) is 0 Å². The number of carbonyl (C=O) groups is 1. The van der Waals surface area contributed by atoms with E-state index in [0.717, 1.165) is 29.8 Å². The van der Waals surface area contributed by atoms with Gasteiger partial charge in [0, 0.05) is 17.3 Å². The van der Waals surface area contributed by atoms with E-state index in [1.54, 1.807) is 0 Å². The summed E-state index contributed by atoms with van der Waals surface area (Å²) in [6.07, 6.45) is 8.39. The topological polar surface area (TPSA) is 78.3 Å². The van der Waals surface area contributed by atoms with Gasteiger partial charge in [-0.15, -0.1) is 10.2 Å². The molecule has 0 bridgehead atoms. The minimum absolute atomic E-state index is 0.0535. The Labute approximate surface area is 197 Å². The van der Waals surface area contributed by atoms with Crippen LogP contribution in [0.15, 0.2) is 53.7 Å². The van der Waals surface area contributed by atoms with E-state index in [9.17, 15) is 4.79 Å². The fraction of sp³-hybridized carbons (Fsp3) is 0.400. The number of carbonyl (C=O) groups excluding carboxylic acids is 1. The maximum Gasteiger partial charge on any atom is 0.231 e. The molecule has 7 nitrogen and oxygen atoms in total. The molecule has 3 aromatic rings. The number of amides is 1. The van der Waals surface area contributed by atoms with Crippen molar-refractivity contribution in [3.8, 4) is 28.6 Å². The van der Waals surface area contributed by atoms with Gasteiger partial charge in [-0.25, -0.2) is 0 Å². The predicted octanol–water partition coefficient (Wildman–Crippen LogP) is 4.98. The van der Waals surface area contributed by atoms with Gasteiger partial charge in [-0.05, 0) is 43.2 Å². The summed E-state index contributed by atoms with van der Waals surface area (Å²) < 4.78 is 13.0. The van der Waals surface area contributed by atoms with E-state index in [0.29, 0.717) is 22.5 Å². The largest absolute Gasteiger partial charge is 0.454 e. The number of ether oxygens (including phenoxy) is 2. The number of aromatic nitrogens is 3. The molecule has 0 unspecified atom stereocenters. The Morgan fingerprint density at radius 3 is 2.55 bits per heavy atom. The summed E-state index contributed by atoms with van der Waals surface area (Å²) in [6.45, 7) is 0.224. The van der Waals surface area contributed by atoms with Crippen LogP contribution in [-0.2, 0) is 4.79 Å². The average molecular weight is 465 g/mol. The second-order valence-corrected chi connectivity index (χ2v) is 9.39. The van der Waals surface area contributed by atoms with Crippen molar-refractivity contribution < 1.29 is 14.3 Å². The zero-order chi connectivity index (χ0) is 22.5. The third-order valence-corrected chi connectivity index (χ3v) is 7.01. The highest BCUT2D eigenvalue weighted by Gasteiger charge is 2.21. The number of nitrogens with one attached hydrogen (secondary N) is 1. The van der Waals surface area contributed by atoms with Gasteiger partial charge in [-0.1, -0.05) is 62.1 Å². The summed E-state index contributed by atoms with van der Waals surface area (Å²) in [6, 6.07) is 16.0. The molecule has 0 atom stereocenters. The molecule has 1 aromatic heterocycles. The van der Waals surface area contributed by atoms with Gasteiger partial charge in [0.05, 0.1) is 5.75 Å². The van der Waals surface area contributed by atoms with Gasteiger partial charge in [0.15, 0.2) is 22.5 Å². The first kappa shape index (κ1) is 21.8. The summed E-state index contributed by atoms with van der Waals surface area (Å²) in [7, 11) is 0. The Morgan fingerprint density at radius 1 is 0.970 bits per heavy atom.